The number of allylic oxidation sites excluding steroid dienone is 15. The average molecular weight is 1240 g/mol. The number of nitrogens with one attached hydrogen (secondary N) is 1. The van der Waals surface area contributed by atoms with E-state index in [1.807, 2.05) is 33.3 Å². The number of nitrogens with zero attached hydrogens (tertiary/aromatic N) is 1. The first-order chi connectivity index (χ1) is 42.4. The lowest BCUT2D eigenvalue weighted by Crippen LogP contribution is -2.47. The van der Waals surface area contributed by atoms with Crippen LogP contribution in [0.5, 0.6) is 0 Å². The van der Waals surface area contributed by atoms with E-state index < -0.39 is 26.6 Å². The highest BCUT2D eigenvalue weighted by molar-refractivity contribution is 7.45. The summed E-state index contributed by atoms with van der Waals surface area (Å²) in [6.45, 7) is 6.72. The summed E-state index contributed by atoms with van der Waals surface area (Å²) in [5, 5.41) is 3.04. The lowest BCUT2D eigenvalue weighted by atomic mass is 10.0. The maximum atomic E-state index is 13.6. The predicted octanol–water partition coefficient (Wildman–Crippen LogP) is 22.8. The average Bonchev–Trinajstić information content (AvgIpc) is 3.70. The molecule has 10 heteroatoms. The zero-order chi connectivity index (χ0) is 63.5. The van der Waals surface area contributed by atoms with Gasteiger partial charge in [-0.2, -0.15) is 0 Å². The fraction of sp³-hybridized carbons (Fsp3) is 0.766. The van der Waals surface area contributed by atoms with E-state index in [1.165, 1.54) is 186 Å². The van der Waals surface area contributed by atoms with Gasteiger partial charge in [-0.3, -0.25) is 14.2 Å². The molecular formula is C77H139N2O7P. The number of rotatable bonds is 66. The quantitative estimate of drug-likeness (QED) is 0.0212. The zero-order valence-corrected chi connectivity index (χ0v) is 58.6. The van der Waals surface area contributed by atoms with Crippen LogP contribution in [0.3, 0.4) is 0 Å². The Hall–Kier alpha value is -3.07. The van der Waals surface area contributed by atoms with Gasteiger partial charge in [0.1, 0.15) is 19.3 Å². The van der Waals surface area contributed by atoms with Gasteiger partial charge in [-0.05, 0) is 109 Å². The van der Waals surface area contributed by atoms with Crippen LogP contribution in [0.4, 0.5) is 0 Å². The molecule has 504 valence electrons. The summed E-state index contributed by atoms with van der Waals surface area (Å²) >= 11 is 0. The first-order valence-corrected chi connectivity index (χ1v) is 38.0. The van der Waals surface area contributed by atoms with E-state index in [1.54, 1.807) is 0 Å². The van der Waals surface area contributed by atoms with Crippen LogP contribution in [-0.4, -0.2) is 69.4 Å². The van der Waals surface area contributed by atoms with E-state index in [4.69, 9.17) is 13.8 Å². The van der Waals surface area contributed by atoms with Crippen LogP contribution < -0.4 is 10.2 Å². The van der Waals surface area contributed by atoms with Crippen molar-refractivity contribution in [1.29, 1.82) is 0 Å². The Labute approximate surface area is 538 Å². The van der Waals surface area contributed by atoms with Crippen molar-refractivity contribution < 1.29 is 37.3 Å². The maximum Gasteiger partial charge on any atom is 0.306 e. The van der Waals surface area contributed by atoms with Crippen molar-refractivity contribution >= 4 is 19.7 Å². The number of quaternary nitrogens is 1. The fourth-order valence-electron chi connectivity index (χ4n) is 10.4. The number of phosphoric ester groups is 1. The van der Waals surface area contributed by atoms with E-state index in [9.17, 15) is 19.0 Å². The largest absolute Gasteiger partial charge is 0.756 e. The van der Waals surface area contributed by atoms with Gasteiger partial charge in [0.25, 0.3) is 7.82 Å². The van der Waals surface area contributed by atoms with Gasteiger partial charge in [0.05, 0.1) is 33.8 Å². The number of carbonyl (C=O) groups is 2. The molecule has 1 amide bonds. The second-order valence-electron chi connectivity index (χ2n) is 25.7. The summed E-state index contributed by atoms with van der Waals surface area (Å²) in [4.78, 5) is 40.2. The number of hydrogen-bond acceptors (Lipinski definition) is 7. The van der Waals surface area contributed by atoms with Crippen LogP contribution in [0.15, 0.2) is 97.2 Å². The predicted molar refractivity (Wildman–Crippen MR) is 376 cm³/mol. The molecule has 0 fully saturated rings. The van der Waals surface area contributed by atoms with E-state index >= 15 is 0 Å². The molecule has 0 heterocycles. The van der Waals surface area contributed by atoms with Gasteiger partial charge in [0.15, 0.2) is 0 Å². The second-order valence-corrected chi connectivity index (χ2v) is 27.1. The Kier molecular flexibility index (Phi) is 63.5. The number of amides is 1. The minimum atomic E-state index is -4.71. The number of unbranched alkanes of at least 4 members (excludes halogenated alkanes) is 36. The van der Waals surface area contributed by atoms with E-state index in [0.717, 1.165) is 109 Å². The fourth-order valence-corrected chi connectivity index (χ4v) is 11.1. The Morgan fingerprint density at radius 1 is 0.414 bits per heavy atom. The van der Waals surface area contributed by atoms with E-state index in [2.05, 4.69) is 111 Å². The molecule has 3 unspecified atom stereocenters. The Morgan fingerprint density at radius 2 is 0.736 bits per heavy atom. The Balaban J connectivity index is 4.99. The smallest absolute Gasteiger partial charge is 0.306 e. The Morgan fingerprint density at radius 3 is 1.13 bits per heavy atom. The highest BCUT2D eigenvalue weighted by Crippen LogP contribution is 2.38. The highest BCUT2D eigenvalue weighted by atomic mass is 31.2. The number of likely N-dealkylation sites (N-methyl/N-ethyl adjacent to an activating group) is 1. The van der Waals surface area contributed by atoms with Crippen molar-refractivity contribution in [3.8, 4) is 0 Å². The zero-order valence-electron chi connectivity index (χ0n) is 57.7. The lowest BCUT2D eigenvalue weighted by Gasteiger charge is -2.30. The first kappa shape index (κ1) is 83.9. The normalized spacial score (nSPS) is 14.1. The third kappa shape index (κ3) is 67.2. The number of hydrogen-bond donors (Lipinski definition) is 1. The highest BCUT2D eigenvalue weighted by Gasteiger charge is 2.27. The summed E-state index contributed by atoms with van der Waals surface area (Å²) < 4.78 is 30.5. The van der Waals surface area contributed by atoms with Crippen molar-refractivity contribution in [2.75, 3.05) is 40.9 Å². The molecule has 87 heavy (non-hydrogen) atoms. The van der Waals surface area contributed by atoms with E-state index in [-0.39, 0.29) is 24.9 Å². The molecule has 0 saturated carbocycles. The maximum absolute atomic E-state index is 13.6. The first-order valence-electron chi connectivity index (χ1n) is 36.5. The second kappa shape index (κ2) is 65.9. The van der Waals surface area contributed by atoms with Crippen LogP contribution in [0.25, 0.3) is 0 Å². The molecule has 0 aliphatic carbocycles. The van der Waals surface area contributed by atoms with Gasteiger partial charge in [0, 0.05) is 12.8 Å². The molecule has 1 N–H and O–H groups in total. The summed E-state index contributed by atoms with van der Waals surface area (Å²) in [5.41, 5.74) is 0. The summed E-state index contributed by atoms with van der Waals surface area (Å²) in [6, 6.07) is -0.897. The van der Waals surface area contributed by atoms with Crippen molar-refractivity contribution in [3.05, 3.63) is 97.2 Å². The standard InChI is InChI=1S/C77H139N2O7P/c1-7-10-13-16-19-22-25-27-29-31-33-35-37-39-41-43-45-47-49-51-54-57-60-63-66-69-76(80)78-74(73-85-87(82,83)84-72-71-79(4,5)6)75(68-65-62-59-56-53-24-21-18-15-12-9-3)86-77(81)70-67-64-61-58-55-52-50-48-46-44-42-40-38-36-34-32-30-28-26-23-20-17-14-11-8-2/h10,13,19-20,22-23,27-30,33,35,39,41,65,68,74-75H,7-9,11-12,14-18,21,24-26,31-32,34,36-38,40,42-64,66-67,69-73H2,1-6H3,(H-,78,80,82,83)/b13-10-,22-19-,23-20-,29-27-,30-28-,35-33-,41-39-,68-65+. The molecule has 9 nitrogen and oxygen atoms in total. The number of ether oxygens (including phenoxy) is 1. The van der Waals surface area contributed by atoms with Gasteiger partial charge in [0.2, 0.25) is 5.91 Å². The molecule has 0 aromatic heterocycles. The van der Waals surface area contributed by atoms with Crippen LogP contribution >= 0.6 is 7.82 Å². The SMILES string of the molecule is CC/C=C\C/C=C\C/C=C\C/C=C\C/C=C\CCCCCCCCCCCC(=O)NC(COP(=O)([O-])OCC[N+](C)(C)C)C(/C=C/CCCCCCCCCCC)OC(=O)CCCCCCCCCCCCCCCCC/C=C\C/C=C\CCCCC. The van der Waals surface area contributed by atoms with Crippen LogP contribution in [0, 0.1) is 0 Å². The molecule has 0 bridgehead atoms. The molecule has 3 atom stereocenters. The molecule has 0 rings (SSSR count). The molecule has 0 aromatic carbocycles. The molecule has 0 spiro atoms. The van der Waals surface area contributed by atoms with Gasteiger partial charge in [-0.1, -0.05) is 305 Å². The van der Waals surface area contributed by atoms with E-state index in [0.29, 0.717) is 17.4 Å². The van der Waals surface area contributed by atoms with Gasteiger partial charge in [-0.25, -0.2) is 0 Å². The monoisotopic (exact) mass is 1240 g/mol. The van der Waals surface area contributed by atoms with Gasteiger partial charge >= 0.3 is 5.97 Å². The van der Waals surface area contributed by atoms with Gasteiger partial charge in [-0.15, -0.1) is 0 Å². The number of phosphoric acid groups is 1. The van der Waals surface area contributed by atoms with Gasteiger partial charge < -0.3 is 28.5 Å². The lowest BCUT2D eigenvalue weighted by molar-refractivity contribution is -0.870. The van der Waals surface area contributed by atoms with Crippen molar-refractivity contribution in [3.63, 3.8) is 0 Å². The molecule has 0 aliphatic heterocycles. The van der Waals surface area contributed by atoms with Crippen molar-refractivity contribution in [2.45, 2.75) is 341 Å². The van der Waals surface area contributed by atoms with Crippen molar-refractivity contribution in [1.82, 2.24) is 5.32 Å². The summed E-state index contributed by atoms with van der Waals surface area (Å²) in [5.74, 6) is -0.543. The van der Waals surface area contributed by atoms with Crippen LogP contribution in [0.1, 0.15) is 329 Å². The Bertz CT molecular complexity index is 1810. The molecule has 0 aliphatic rings. The van der Waals surface area contributed by atoms with Crippen LogP contribution in [-0.2, 0) is 27.9 Å². The number of carbonyl (C=O) groups excluding carboxylic acids is 2. The minimum Gasteiger partial charge on any atom is -0.756 e. The van der Waals surface area contributed by atoms with Crippen molar-refractivity contribution in [2.24, 2.45) is 0 Å². The summed E-state index contributed by atoms with van der Waals surface area (Å²) in [7, 11) is 1.18. The molecule has 0 aromatic rings. The minimum absolute atomic E-state index is 0.0264. The number of esters is 1. The van der Waals surface area contributed by atoms with Crippen LogP contribution in [0.2, 0.25) is 0 Å². The third-order valence-corrected chi connectivity index (χ3v) is 17.0. The topological polar surface area (TPSA) is 114 Å². The molecule has 0 radical (unpaired) electrons. The summed E-state index contributed by atoms with van der Waals surface area (Å²) in [6.07, 6.45) is 89.6. The third-order valence-electron chi connectivity index (χ3n) is 16.0. The molecular weight excluding hydrogens is 1100 g/mol. The molecule has 0 saturated heterocycles.